The molecule has 1 aromatic rings. The van der Waals surface area contributed by atoms with Gasteiger partial charge in [0, 0.05) is 29.0 Å². The van der Waals surface area contributed by atoms with E-state index in [0.717, 1.165) is 19.3 Å². The largest absolute Gasteiger partial charge is 0.452 e. The normalized spacial score (nSPS) is 22.0. The second kappa shape index (κ2) is 7.02. The Morgan fingerprint density at radius 2 is 2.00 bits per heavy atom. The van der Waals surface area contributed by atoms with Gasteiger partial charge in [0.05, 0.1) is 5.56 Å². The van der Waals surface area contributed by atoms with Crippen molar-refractivity contribution in [1.29, 1.82) is 0 Å². The van der Waals surface area contributed by atoms with Crippen molar-refractivity contribution < 1.29 is 14.3 Å². The first kappa shape index (κ1) is 15.9. The zero-order valence-electron chi connectivity index (χ0n) is 12.2. The van der Waals surface area contributed by atoms with Gasteiger partial charge in [-0.25, -0.2) is 4.79 Å². The predicted molar refractivity (Wildman–Crippen MR) is 81.8 cm³/mol. The van der Waals surface area contributed by atoms with E-state index in [9.17, 15) is 9.59 Å². The van der Waals surface area contributed by atoms with Crippen molar-refractivity contribution in [1.82, 2.24) is 9.88 Å². The van der Waals surface area contributed by atoms with Crippen LogP contribution in [0.5, 0.6) is 0 Å². The Labute approximate surface area is 132 Å². The third-order valence-electron chi connectivity index (χ3n) is 3.75. The number of nitrogens with zero attached hydrogens (tertiary/aromatic N) is 2. The van der Waals surface area contributed by atoms with Gasteiger partial charge in [-0.1, -0.05) is 0 Å². The summed E-state index contributed by atoms with van der Waals surface area (Å²) in [6.45, 7) is 3.85. The Morgan fingerprint density at radius 1 is 1.33 bits per heavy atom. The topological polar surface area (TPSA) is 59.5 Å². The lowest BCUT2D eigenvalue weighted by atomic mass is 9.97. The van der Waals surface area contributed by atoms with Gasteiger partial charge in [0.2, 0.25) is 0 Å². The molecule has 0 spiro atoms. The number of hydrogen-bond acceptors (Lipinski definition) is 4. The van der Waals surface area contributed by atoms with Crippen molar-refractivity contribution in [2.45, 2.75) is 45.2 Å². The lowest BCUT2D eigenvalue weighted by Crippen LogP contribution is -2.49. The standard InChI is InChI=1S/C15H19BrN2O3/c1-10-4-3-5-11(2)18(10)14(19)9-21-15(20)12-6-13(16)8-17-7-12/h6-8,10-11H,3-5,9H2,1-2H3/t10-,11-/m0/s1. The highest BCUT2D eigenvalue weighted by atomic mass is 79.9. The maximum absolute atomic E-state index is 12.2. The van der Waals surface area contributed by atoms with Crippen LogP contribution in [0, 0.1) is 0 Å². The molecular weight excluding hydrogens is 336 g/mol. The Balaban J connectivity index is 1.93. The number of likely N-dealkylation sites (tertiary alicyclic amines) is 1. The van der Waals surface area contributed by atoms with E-state index in [0.29, 0.717) is 10.0 Å². The quantitative estimate of drug-likeness (QED) is 0.783. The average Bonchev–Trinajstić information content (AvgIpc) is 2.44. The molecule has 6 heteroatoms. The van der Waals surface area contributed by atoms with Crippen LogP contribution < -0.4 is 0 Å². The average molecular weight is 355 g/mol. The van der Waals surface area contributed by atoms with Crippen molar-refractivity contribution in [2.75, 3.05) is 6.61 Å². The summed E-state index contributed by atoms with van der Waals surface area (Å²) in [5.74, 6) is -0.666. The molecule has 2 atom stereocenters. The van der Waals surface area contributed by atoms with Crippen molar-refractivity contribution in [2.24, 2.45) is 0 Å². The number of carbonyl (C=O) groups is 2. The molecule has 2 heterocycles. The first-order valence-corrected chi connectivity index (χ1v) is 7.87. The lowest BCUT2D eigenvalue weighted by Gasteiger charge is -2.38. The van der Waals surface area contributed by atoms with E-state index >= 15 is 0 Å². The van der Waals surface area contributed by atoms with Crippen LogP contribution in [0.3, 0.4) is 0 Å². The molecule has 0 saturated carbocycles. The van der Waals surface area contributed by atoms with Crippen LogP contribution in [0.15, 0.2) is 22.9 Å². The SMILES string of the molecule is C[C@H]1CCC[C@H](C)N1C(=O)COC(=O)c1cncc(Br)c1. The number of carbonyl (C=O) groups excluding carboxylic acids is 2. The second-order valence-corrected chi connectivity index (χ2v) is 6.31. The molecule has 0 unspecified atom stereocenters. The lowest BCUT2D eigenvalue weighted by molar-refractivity contribution is -0.140. The maximum Gasteiger partial charge on any atom is 0.340 e. The van der Waals surface area contributed by atoms with Gasteiger partial charge in [0.15, 0.2) is 6.61 Å². The molecule has 5 nitrogen and oxygen atoms in total. The van der Waals surface area contributed by atoms with Crippen molar-refractivity contribution in [3.05, 3.63) is 28.5 Å². The molecular formula is C15H19BrN2O3. The van der Waals surface area contributed by atoms with Gasteiger partial charge in [0.25, 0.3) is 5.91 Å². The molecule has 114 valence electrons. The fraction of sp³-hybridized carbons (Fsp3) is 0.533. The summed E-state index contributed by atoms with van der Waals surface area (Å²) in [5.41, 5.74) is 0.330. The Morgan fingerprint density at radius 3 is 2.62 bits per heavy atom. The molecule has 1 aliphatic rings. The summed E-state index contributed by atoms with van der Waals surface area (Å²) in [4.78, 5) is 29.9. The number of hydrogen-bond donors (Lipinski definition) is 0. The summed E-state index contributed by atoms with van der Waals surface area (Å²) < 4.78 is 5.80. The van der Waals surface area contributed by atoms with Crippen LogP contribution in [0.4, 0.5) is 0 Å². The summed E-state index contributed by atoms with van der Waals surface area (Å²) >= 11 is 3.24. The Kier molecular flexibility index (Phi) is 5.33. The van der Waals surface area contributed by atoms with Gasteiger partial charge in [-0.05, 0) is 55.1 Å². The molecule has 1 amide bonds. The van der Waals surface area contributed by atoms with Gasteiger partial charge < -0.3 is 9.64 Å². The second-order valence-electron chi connectivity index (χ2n) is 5.40. The minimum atomic E-state index is -0.533. The molecule has 0 aromatic carbocycles. The molecule has 0 aliphatic carbocycles. The highest BCUT2D eigenvalue weighted by Crippen LogP contribution is 2.22. The summed E-state index contributed by atoms with van der Waals surface area (Å²) in [5, 5.41) is 0. The number of pyridine rings is 1. The van der Waals surface area contributed by atoms with Gasteiger partial charge in [-0.3, -0.25) is 9.78 Å². The van der Waals surface area contributed by atoms with E-state index in [-0.39, 0.29) is 24.6 Å². The van der Waals surface area contributed by atoms with E-state index in [1.807, 2.05) is 18.7 Å². The van der Waals surface area contributed by atoms with Crippen LogP contribution in [-0.2, 0) is 9.53 Å². The smallest absolute Gasteiger partial charge is 0.340 e. The number of halogens is 1. The third kappa shape index (κ3) is 4.03. The van der Waals surface area contributed by atoms with E-state index in [1.165, 1.54) is 6.20 Å². The van der Waals surface area contributed by atoms with Crippen LogP contribution >= 0.6 is 15.9 Å². The van der Waals surface area contributed by atoms with Crippen molar-refractivity contribution in [3.8, 4) is 0 Å². The first-order valence-electron chi connectivity index (χ1n) is 7.08. The van der Waals surface area contributed by atoms with E-state index < -0.39 is 5.97 Å². The zero-order valence-corrected chi connectivity index (χ0v) is 13.8. The number of rotatable bonds is 3. The van der Waals surface area contributed by atoms with Gasteiger partial charge in [0.1, 0.15) is 0 Å². The molecule has 21 heavy (non-hydrogen) atoms. The fourth-order valence-electron chi connectivity index (χ4n) is 2.72. The number of ether oxygens (including phenoxy) is 1. The third-order valence-corrected chi connectivity index (χ3v) is 4.18. The number of piperidine rings is 1. The van der Waals surface area contributed by atoms with Crippen LogP contribution in [-0.4, -0.2) is 40.5 Å². The zero-order chi connectivity index (χ0) is 15.4. The van der Waals surface area contributed by atoms with E-state index in [1.54, 1.807) is 12.3 Å². The Bertz CT molecular complexity index is 525. The van der Waals surface area contributed by atoms with Crippen molar-refractivity contribution >= 4 is 27.8 Å². The molecule has 1 aliphatic heterocycles. The monoisotopic (exact) mass is 354 g/mol. The highest BCUT2D eigenvalue weighted by Gasteiger charge is 2.29. The summed E-state index contributed by atoms with van der Waals surface area (Å²) in [6.07, 6.45) is 6.14. The number of amides is 1. The molecule has 0 radical (unpaired) electrons. The molecule has 1 saturated heterocycles. The van der Waals surface area contributed by atoms with Gasteiger partial charge >= 0.3 is 5.97 Å². The number of aromatic nitrogens is 1. The van der Waals surface area contributed by atoms with Gasteiger partial charge in [-0.2, -0.15) is 0 Å². The minimum absolute atomic E-state index is 0.133. The maximum atomic E-state index is 12.2. The van der Waals surface area contributed by atoms with E-state index in [4.69, 9.17) is 4.74 Å². The number of esters is 1. The van der Waals surface area contributed by atoms with E-state index in [2.05, 4.69) is 20.9 Å². The van der Waals surface area contributed by atoms with Crippen LogP contribution in [0.1, 0.15) is 43.5 Å². The molecule has 0 N–H and O–H groups in total. The molecule has 2 rings (SSSR count). The van der Waals surface area contributed by atoms with Crippen LogP contribution in [0.2, 0.25) is 0 Å². The minimum Gasteiger partial charge on any atom is -0.452 e. The van der Waals surface area contributed by atoms with Gasteiger partial charge in [-0.15, -0.1) is 0 Å². The van der Waals surface area contributed by atoms with Crippen LogP contribution in [0.25, 0.3) is 0 Å². The fourth-order valence-corrected chi connectivity index (χ4v) is 3.09. The highest BCUT2D eigenvalue weighted by molar-refractivity contribution is 9.10. The molecule has 1 fully saturated rings. The predicted octanol–water partition coefficient (Wildman–Crippen LogP) is 2.79. The summed E-state index contributed by atoms with van der Waals surface area (Å²) in [7, 11) is 0. The summed E-state index contributed by atoms with van der Waals surface area (Å²) in [6, 6.07) is 2.02. The van der Waals surface area contributed by atoms with Crippen molar-refractivity contribution in [3.63, 3.8) is 0 Å². The Hall–Kier alpha value is -1.43. The first-order chi connectivity index (χ1) is 9.99. The molecule has 1 aromatic heterocycles. The molecule has 0 bridgehead atoms.